The number of allylic oxidation sites excluding steroid dienone is 1. The lowest BCUT2D eigenvalue weighted by Gasteiger charge is -2.30. The summed E-state index contributed by atoms with van der Waals surface area (Å²) in [6, 6.07) is 11.7. The van der Waals surface area contributed by atoms with Crippen LogP contribution in [0.1, 0.15) is 55.2 Å². The van der Waals surface area contributed by atoms with Gasteiger partial charge in [-0.05, 0) is 60.6 Å². The fourth-order valence-corrected chi connectivity index (χ4v) is 4.94. The van der Waals surface area contributed by atoms with Crippen LogP contribution in [0.2, 0.25) is 5.02 Å². The molecule has 36 heavy (non-hydrogen) atoms. The highest BCUT2D eigenvalue weighted by Gasteiger charge is 2.45. The molecule has 8 heteroatoms. The molecule has 0 bridgehead atoms. The fourth-order valence-electron chi connectivity index (χ4n) is 4.74. The molecule has 2 aromatic rings. The van der Waals surface area contributed by atoms with Crippen LogP contribution in [0.25, 0.3) is 0 Å². The first-order chi connectivity index (χ1) is 17.1. The first-order valence-corrected chi connectivity index (χ1v) is 12.5. The summed E-state index contributed by atoms with van der Waals surface area (Å²) in [6.45, 7) is 7.65. The van der Waals surface area contributed by atoms with Crippen LogP contribution in [-0.4, -0.2) is 40.5 Å². The number of amides is 3. The van der Waals surface area contributed by atoms with E-state index in [-0.39, 0.29) is 29.9 Å². The standard InChI is InChI=1S/C28H30ClN3O4/c1-16-7-9-19(13-23(16)29)12-22(33)11-17(2)20-5-4-6-21(14-20)31-24-15-26(34)32(28(24)36)25-10-8-18(3)30-27(25)35/h4-7,9,13-14,17,24-25,31H,3,8,10-12,15H2,1-2H3,(H,30,35). The third-order valence-corrected chi connectivity index (χ3v) is 7.19. The van der Waals surface area contributed by atoms with Gasteiger partial charge < -0.3 is 10.6 Å². The Morgan fingerprint density at radius 2 is 2.00 bits per heavy atom. The van der Waals surface area contributed by atoms with Gasteiger partial charge >= 0.3 is 0 Å². The number of hydrogen-bond acceptors (Lipinski definition) is 5. The van der Waals surface area contributed by atoms with Crippen molar-refractivity contribution in [1.29, 1.82) is 0 Å². The van der Waals surface area contributed by atoms with Gasteiger partial charge in [0.1, 0.15) is 17.9 Å². The largest absolute Gasteiger partial charge is 0.373 e. The molecular formula is C28H30ClN3O4. The molecule has 3 amide bonds. The van der Waals surface area contributed by atoms with Gasteiger partial charge in [-0.2, -0.15) is 0 Å². The molecule has 2 fully saturated rings. The number of Topliss-reactive ketones (excluding diaryl/α,β-unsaturated/α-hetero) is 1. The molecule has 2 heterocycles. The summed E-state index contributed by atoms with van der Waals surface area (Å²) in [6.07, 6.45) is 1.58. The zero-order chi connectivity index (χ0) is 26.0. The van der Waals surface area contributed by atoms with Crippen molar-refractivity contribution < 1.29 is 19.2 Å². The Hall–Kier alpha value is -3.45. The number of ketones is 1. The molecule has 2 aromatic carbocycles. The van der Waals surface area contributed by atoms with Crippen molar-refractivity contribution in [3.63, 3.8) is 0 Å². The molecule has 0 radical (unpaired) electrons. The SMILES string of the molecule is C=C1CCC(N2C(=O)CC(Nc3cccc(C(C)CC(=O)Cc4ccc(C)c(Cl)c4)c3)C2=O)C(=O)N1. The van der Waals surface area contributed by atoms with E-state index in [0.717, 1.165) is 21.6 Å². The van der Waals surface area contributed by atoms with E-state index in [1.54, 1.807) is 0 Å². The first-order valence-electron chi connectivity index (χ1n) is 12.1. The van der Waals surface area contributed by atoms with E-state index >= 15 is 0 Å². The van der Waals surface area contributed by atoms with Gasteiger partial charge in [-0.25, -0.2) is 0 Å². The Morgan fingerprint density at radius 3 is 2.72 bits per heavy atom. The Balaban J connectivity index is 1.38. The number of nitrogens with zero attached hydrogens (tertiary/aromatic N) is 1. The van der Waals surface area contributed by atoms with E-state index in [1.807, 2.05) is 56.3 Å². The van der Waals surface area contributed by atoms with Crippen LogP contribution < -0.4 is 10.6 Å². The van der Waals surface area contributed by atoms with Crippen LogP contribution >= 0.6 is 11.6 Å². The summed E-state index contributed by atoms with van der Waals surface area (Å²) in [4.78, 5) is 51.7. The van der Waals surface area contributed by atoms with E-state index in [1.165, 1.54) is 0 Å². The van der Waals surface area contributed by atoms with Gasteiger partial charge in [0.15, 0.2) is 0 Å². The molecule has 188 valence electrons. The Morgan fingerprint density at radius 1 is 1.22 bits per heavy atom. The number of halogens is 1. The summed E-state index contributed by atoms with van der Waals surface area (Å²) in [7, 11) is 0. The first kappa shape index (κ1) is 25.6. The predicted octanol–water partition coefficient (Wildman–Crippen LogP) is 4.29. The number of carbonyl (C=O) groups excluding carboxylic acids is 4. The number of rotatable bonds is 8. The third-order valence-electron chi connectivity index (χ3n) is 6.78. The van der Waals surface area contributed by atoms with Crippen LogP contribution in [-0.2, 0) is 25.6 Å². The smallest absolute Gasteiger partial charge is 0.252 e. The summed E-state index contributed by atoms with van der Waals surface area (Å²) < 4.78 is 0. The lowest BCUT2D eigenvalue weighted by Crippen LogP contribution is -2.52. The van der Waals surface area contributed by atoms with Crippen molar-refractivity contribution in [1.82, 2.24) is 10.2 Å². The van der Waals surface area contributed by atoms with Crippen LogP contribution in [0.4, 0.5) is 5.69 Å². The van der Waals surface area contributed by atoms with E-state index < -0.39 is 18.0 Å². The minimum Gasteiger partial charge on any atom is -0.373 e. The fraction of sp³-hybridized carbons (Fsp3) is 0.357. The van der Waals surface area contributed by atoms with Crippen molar-refractivity contribution in [2.45, 2.75) is 64.0 Å². The number of nitrogens with one attached hydrogen (secondary N) is 2. The second-order valence-electron chi connectivity index (χ2n) is 9.68. The molecule has 0 aliphatic carbocycles. The molecule has 2 N–H and O–H groups in total. The minimum absolute atomic E-state index is 0.0130. The van der Waals surface area contributed by atoms with Crippen LogP contribution in [0.3, 0.4) is 0 Å². The quantitative estimate of drug-likeness (QED) is 0.520. The van der Waals surface area contributed by atoms with E-state index in [4.69, 9.17) is 11.6 Å². The van der Waals surface area contributed by atoms with Crippen molar-refractivity contribution >= 4 is 40.8 Å². The number of aryl methyl sites for hydroxylation is 1. The average molecular weight is 508 g/mol. The maximum atomic E-state index is 13.0. The van der Waals surface area contributed by atoms with Gasteiger partial charge in [0.05, 0.1) is 6.42 Å². The molecule has 2 aliphatic heterocycles. The molecule has 2 saturated heterocycles. The van der Waals surface area contributed by atoms with Gasteiger partial charge in [0, 0.05) is 29.2 Å². The third kappa shape index (κ3) is 5.68. The van der Waals surface area contributed by atoms with Crippen molar-refractivity contribution in [2.75, 3.05) is 5.32 Å². The van der Waals surface area contributed by atoms with Crippen molar-refractivity contribution in [3.8, 4) is 0 Å². The van der Waals surface area contributed by atoms with Gasteiger partial charge in [0.25, 0.3) is 5.91 Å². The molecule has 0 aromatic heterocycles. The zero-order valence-corrected chi connectivity index (χ0v) is 21.2. The second kappa shape index (κ2) is 10.7. The molecule has 2 aliphatic rings. The van der Waals surface area contributed by atoms with E-state index in [9.17, 15) is 19.2 Å². The van der Waals surface area contributed by atoms with Gasteiger partial charge in [-0.15, -0.1) is 0 Å². The molecule has 0 saturated carbocycles. The van der Waals surface area contributed by atoms with Gasteiger partial charge in [-0.3, -0.25) is 24.1 Å². The number of likely N-dealkylation sites (tertiary alicyclic amines) is 1. The van der Waals surface area contributed by atoms with Crippen LogP contribution in [0.5, 0.6) is 0 Å². The van der Waals surface area contributed by atoms with E-state index in [2.05, 4.69) is 17.2 Å². The molecule has 0 spiro atoms. The highest BCUT2D eigenvalue weighted by Crippen LogP contribution is 2.28. The Kier molecular flexibility index (Phi) is 7.59. The normalized spacial score (nSPS) is 20.9. The number of hydrogen-bond donors (Lipinski definition) is 2. The number of piperidine rings is 1. The van der Waals surface area contributed by atoms with Gasteiger partial charge in [0.2, 0.25) is 11.8 Å². The monoisotopic (exact) mass is 507 g/mol. The summed E-state index contributed by atoms with van der Waals surface area (Å²) >= 11 is 6.18. The van der Waals surface area contributed by atoms with Crippen molar-refractivity contribution in [3.05, 3.63) is 76.5 Å². The highest BCUT2D eigenvalue weighted by molar-refractivity contribution is 6.31. The van der Waals surface area contributed by atoms with Crippen LogP contribution in [0.15, 0.2) is 54.7 Å². The highest BCUT2D eigenvalue weighted by atomic mass is 35.5. The molecular weight excluding hydrogens is 478 g/mol. The summed E-state index contributed by atoms with van der Waals surface area (Å²) in [5.74, 6) is -1.06. The molecule has 3 unspecified atom stereocenters. The second-order valence-corrected chi connectivity index (χ2v) is 10.1. The maximum absolute atomic E-state index is 13.0. The number of anilines is 1. The molecule has 7 nitrogen and oxygen atoms in total. The maximum Gasteiger partial charge on any atom is 0.252 e. The minimum atomic E-state index is -0.803. The Bertz CT molecular complexity index is 1240. The number of carbonyl (C=O) groups is 4. The molecule has 3 atom stereocenters. The topological polar surface area (TPSA) is 95.6 Å². The number of benzene rings is 2. The number of imide groups is 1. The Labute approximate surface area is 215 Å². The van der Waals surface area contributed by atoms with Gasteiger partial charge in [-0.1, -0.05) is 49.4 Å². The summed E-state index contributed by atoms with van der Waals surface area (Å²) in [5, 5.41) is 6.44. The predicted molar refractivity (Wildman–Crippen MR) is 139 cm³/mol. The van der Waals surface area contributed by atoms with Crippen LogP contribution in [0, 0.1) is 6.92 Å². The molecule has 4 rings (SSSR count). The zero-order valence-electron chi connectivity index (χ0n) is 20.5. The lowest BCUT2D eigenvalue weighted by molar-refractivity contribution is -0.147. The average Bonchev–Trinajstić information content (AvgIpc) is 3.09. The lowest BCUT2D eigenvalue weighted by atomic mass is 9.93. The van der Waals surface area contributed by atoms with Crippen molar-refractivity contribution in [2.24, 2.45) is 0 Å². The van der Waals surface area contributed by atoms with E-state index in [0.29, 0.717) is 42.1 Å². The summed E-state index contributed by atoms with van der Waals surface area (Å²) in [5.41, 5.74) is 4.10.